The van der Waals surface area contributed by atoms with Crippen molar-refractivity contribution < 1.29 is 17.9 Å². The molecule has 156 valence electrons. The van der Waals surface area contributed by atoms with Crippen LogP contribution in [0.5, 0.6) is 5.75 Å². The Kier molecular flexibility index (Phi) is 6.74. The summed E-state index contributed by atoms with van der Waals surface area (Å²) in [6, 6.07) is 24.0. The normalized spacial score (nSPS) is 11.0. The largest absolute Gasteiger partial charge is 0.492 e. The highest BCUT2D eigenvalue weighted by Gasteiger charge is 2.30. The van der Waals surface area contributed by atoms with Gasteiger partial charge in [0, 0.05) is 12.7 Å². The minimum absolute atomic E-state index is 0.103. The molecule has 0 heterocycles. The van der Waals surface area contributed by atoms with Gasteiger partial charge in [-0.1, -0.05) is 48.5 Å². The first-order valence-corrected chi connectivity index (χ1v) is 11.0. The molecule has 3 aromatic carbocycles. The summed E-state index contributed by atoms with van der Waals surface area (Å²) in [5.41, 5.74) is 0.996. The van der Waals surface area contributed by atoms with Crippen LogP contribution < -0.4 is 13.9 Å². The Labute approximate surface area is 177 Å². The van der Waals surface area contributed by atoms with Crippen molar-refractivity contribution in [2.75, 3.05) is 29.4 Å². The molecule has 6 nitrogen and oxygen atoms in total. The van der Waals surface area contributed by atoms with Gasteiger partial charge in [0.1, 0.15) is 12.3 Å². The maximum absolute atomic E-state index is 13.5. The van der Waals surface area contributed by atoms with Crippen LogP contribution in [0.15, 0.2) is 89.8 Å². The monoisotopic (exact) mass is 424 g/mol. The lowest BCUT2D eigenvalue weighted by Gasteiger charge is -2.28. The number of anilines is 2. The lowest BCUT2D eigenvalue weighted by molar-refractivity contribution is -0.116. The lowest BCUT2D eigenvalue weighted by Crippen LogP contribution is -2.42. The highest BCUT2D eigenvalue weighted by molar-refractivity contribution is 7.92. The number of para-hydroxylation sites is 3. The second kappa shape index (κ2) is 9.45. The van der Waals surface area contributed by atoms with Crippen LogP contribution in [0, 0.1) is 0 Å². The summed E-state index contributed by atoms with van der Waals surface area (Å²) >= 11 is 0. The van der Waals surface area contributed by atoms with Gasteiger partial charge in [0.25, 0.3) is 10.0 Å². The topological polar surface area (TPSA) is 66.9 Å². The highest BCUT2D eigenvalue weighted by Crippen LogP contribution is 2.32. The molecule has 0 spiro atoms. The minimum Gasteiger partial charge on any atom is -0.492 e. The van der Waals surface area contributed by atoms with Crippen LogP contribution >= 0.6 is 0 Å². The zero-order valence-corrected chi connectivity index (χ0v) is 17.7. The molecule has 0 fully saturated rings. The fraction of sp³-hybridized carbons (Fsp3) is 0.174. The molecule has 0 aliphatic heterocycles. The SMILES string of the molecule is CCOc1ccccc1N(CC(=O)N(C)c1ccccc1)S(=O)(=O)c1ccccc1. The number of nitrogens with zero attached hydrogens (tertiary/aromatic N) is 2. The number of sulfonamides is 1. The lowest BCUT2D eigenvalue weighted by atomic mass is 10.2. The van der Waals surface area contributed by atoms with Crippen LogP contribution in [0.25, 0.3) is 0 Å². The first-order chi connectivity index (χ1) is 14.4. The van der Waals surface area contributed by atoms with Gasteiger partial charge >= 0.3 is 0 Å². The van der Waals surface area contributed by atoms with E-state index >= 15 is 0 Å². The Morgan fingerprint density at radius 1 is 0.867 bits per heavy atom. The quantitative estimate of drug-likeness (QED) is 0.549. The number of hydrogen-bond donors (Lipinski definition) is 0. The Balaban J connectivity index is 2.04. The van der Waals surface area contributed by atoms with Gasteiger partial charge in [-0.05, 0) is 43.3 Å². The molecule has 0 saturated heterocycles. The molecule has 0 aliphatic carbocycles. The van der Waals surface area contributed by atoms with E-state index in [0.29, 0.717) is 23.7 Å². The van der Waals surface area contributed by atoms with E-state index in [1.165, 1.54) is 17.0 Å². The standard InChI is InChI=1S/C23H24N2O4S/c1-3-29-22-17-11-10-16-21(22)25(30(27,28)20-14-8-5-9-15-20)18-23(26)24(2)19-12-6-4-7-13-19/h4-17H,3,18H2,1-2H3. The number of carbonyl (C=O) groups is 1. The third kappa shape index (κ3) is 4.63. The molecule has 0 bridgehead atoms. The summed E-state index contributed by atoms with van der Waals surface area (Å²) in [5, 5.41) is 0. The third-order valence-corrected chi connectivity index (χ3v) is 6.34. The Bertz CT molecular complexity index is 1090. The van der Waals surface area contributed by atoms with Crippen LogP contribution in [0.2, 0.25) is 0 Å². The predicted octanol–water partition coefficient (Wildman–Crippen LogP) is 3.94. The van der Waals surface area contributed by atoms with Crippen LogP contribution in [0.4, 0.5) is 11.4 Å². The first-order valence-electron chi connectivity index (χ1n) is 9.56. The summed E-state index contributed by atoms with van der Waals surface area (Å²) in [4.78, 5) is 14.6. The zero-order valence-electron chi connectivity index (χ0n) is 16.9. The maximum atomic E-state index is 13.5. The number of ether oxygens (including phenoxy) is 1. The summed E-state index contributed by atoms with van der Waals surface area (Å²) in [6.07, 6.45) is 0. The Morgan fingerprint density at radius 3 is 2.07 bits per heavy atom. The zero-order chi connectivity index (χ0) is 21.6. The third-order valence-electron chi connectivity index (χ3n) is 4.56. The van der Waals surface area contributed by atoms with Crippen molar-refractivity contribution in [3.05, 3.63) is 84.9 Å². The number of likely N-dealkylation sites (N-methyl/N-ethyl adjacent to an activating group) is 1. The van der Waals surface area contributed by atoms with Gasteiger partial charge in [-0.2, -0.15) is 0 Å². The predicted molar refractivity (Wildman–Crippen MR) is 118 cm³/mol. The van der Waals surface area contributed by atoms with E-state index in [-0.39, 0.29) is 17.3 Å². The molecule has 30 heavy (non-hydrogen) atoms. The number of amides is 1. The van der Waals surface area contributed by atoms with Crippen LogP contribution in [0.1, 0.15) is 6.92 Å². The molecule has 0 atom stereocenters. The van der Waals surface area contributed by atoms with Crippen LogP contribution in [-0.4, -0.2) is 34.5 Å². The Hall–Kier alpha value is -3.32. The summed E-state index contributed by atoms with van der Waals surface area (Å²) in [5.74, 6) is 0.0293. The number of hydrogen-bond acceptors (Lipinski definition) is 4. The van der Waals surface area contributed by atoms with E-state index in [1.807, 2.05) is 25.1 Å². The van der Waals surface area contributed by atoms with Crippen LogP contribution in [0.3, 0.4) is 0 Å². The first kappa shape index (κ1) is 21.4. The average molecular weight is 425 g/mol. The molecular weight excluding hydrogens is 400 g/mol. The van der Waals surface area contributed by atoms with Gasteiger partial charge in [-0.15, -0.1) is 0 Å². The number of rotatable bonds is 8. The van der Waals surface area contributed by atoms with Crippen LogP contribution in [-0.2, 0) is 14.8 Å². The van der Waals surface area contributed by atoms with Crippen molar-refractivity contribution in [3.8, 4) is 5.75 Å². The second-order valence-electron chi connectivity index (χ2n) is 6.51. The fourth-order valence-corrected chi connectivity index (χ4v) is 4.43. The van der Waals surface area contributed by atoms with E-state index in [9.17, 15) is 13.2 Å². The molecular formula is C23H24N2O4S. The van der Waals surface area contributed by atoms with E-state index in [2.05, 4.69) is 0 Å². The highest BCUT2D eigenvalue weighted by atomic mass is 32.2. The molecule has 0 saturated carbocycles. The van der Waals surface area contributed by atoms with E-state index < -0.39 is 10.0 Å². The molecule has 7 heteroatoms. The maximum Gasteiger partial charge on any atom is 0.264 e. The molecule has 3 rings (SSSR count). The second-order valence-corrected chi connectivity index (χ2v) is 8.38. The minimum atomic E-state index is -4.00. The average Bonchev–Trinajstić information content (AvgIpc) is 2.78. The summed E-state index contributed by atoms with van der Waals surface area (Å²) < 4.78 is 33.7. The van der Waals surface area contributed by atoms with E-state index in [1.54, 1.807) is 61.6 Å². The molecule has 0 radical (unpaired) electrons. The van der Waals surface area contributed by atoms with E-state index in [4.69, 9.17) is 4.74 Å². The van der Waals surface area contributed by atoms with E-state index in [0.717, 1.165) is 4.31 Å². The van der Waals surface area contributed by atoms with Gasteiger partial charge in [-0.25, -0.2) is 8.42 Å². The number of carbonyl (C=O) groups excluding carboxylic acids is 1. The van der Waals surface area contributed by atoms with Gasteiger partial charge in [-0.3, -0.25) is 9.10 Å². The summed E-state index contributed by atoms with van der Waals surface area (Å²) in [6.45, 7) is 1.82. The van der Waals surface area contributed by atoms with Crippen molar-refractivity contribution in [1.82, 2.24) is 0 Å². The van der Waals surface area contributed by atoms with Gasteiger partial charge in [0.05, 0.1) is 17.2 Å². The summed E-state index contributed by atoms with van der Waals surface area (Å²) in [7, 11) is -2.38. The smallest absolute Gasteiger partial charge is 0.264 e. The van der Waals surface area contributed by atoms with Gasteiger partial charge in [0.2, 0.25) is 5.91 Å². The van der Waals surface area contributed by atoms with Crippen molar-refractivity contribution in [2.24, 2.45) is 0 Å². The Morgan fingerprint density at radius 2 is 1.43 bits per heavy atom. The molecule has 0 aromatic heterocycles. The number of benzene rings is 3. The molecule has 0 aliphatic rings. The fourth-order valence-electron chi connectivity index (χ4n) is 2.98. The molecule has 3 aromatic rings. The van der Waals surface area contributed by atoms with Gasteiger partial charge < -0.3 is 9.64 Å². The van der Waals surface area contributed by atoms with Crippen molar-refractivity contribution in [3.63, 3.8) is 0 Å². The molecule has 1 amide bonds. The van der Waals surface area contributed by atoms with Crippen molar-refractivity contribution in [1.29, 1.82) is 0 Å². The van der Waals surface area contributed by atoms with Crippen molar-refractivity contribution in [2.45, 2.75) is 11.8 Å². The molecule has 0 unspecified atom stereocenters. The molecule has 0 N–H and O–H groups in total. The van der Waals surface area contributed by atoms with Gasteiger partial charge in [0.15, 0.2) is 0 Å². The van der Waals surface area contributed by atoms with Crippen molar-refractivity contribution >= 4 is 27.3 Å².